The minimum Gasteiger partial charge on any atom is -0.362 e. The van der Waals surface area contributed by atoms with Crippen LogP contribution in [0.3, 0.4) is 0 Å². The topological polar surface area (TPSA) is 47.3 Å². The average Bonchev–Trinajstić information content (AvgIpc) is 3.16. The highest BCUT2D eigenvalue weighted by Crippen LogP contribution is 2.29. The number of nitrogens with zero attached hydrogens (tertiary/aromatic N) is 3. The van der Waals surface area contributed by atoms with Crippen molar-refractivity contribution >= 4 is 23.2 Å². The van der Waals surface area contributed by atoms with Crippen LogP contribution in [0.1, 0.15) is 37.8 Å². The van der Waals surface area contributed by atoms with Crippen LogP contribution in [0.4, 0.5) is 5.69 Å². The minimum absolute atomic E-state index is 0.223. The van der Waals surface area contributed by atoms with Crippen molar-refractivity contribution in [3.8, 4) is 6.07 Å². The van der Waals surface area contributed by atoms with E-state index < -0.39 is 0 Å². The van der Waals surface area contributed by atoms with E-state index in [-0.39, 0.29) is 11.9 Å². The van der Waals surface area contributed by atoms with Gasteiger partial charge in [0.25, 0.3) is 0 Å². The van der Waals surface area contributed by atoms with Gasteiger partial charge >= 0.3 is 0 Å². The Morgan fingerprint density at radius 3 is 2.68 bits per heavy atom. The SMILES string of the molecule is CC(C)CC(=O)N1CC[C@H](N(Cc2ccccc2)c2ccc(C#N)c(Cl)c2)C1. The van der Waals surface area contributed by atoms with Gasteiger partial charge < -0.3 is 9.80 Å². The van der Waals surface area contributed by atoms with Crippen LogP contribution < -0.4 is 4.90 Å². The monoisotopic (exact) mass is 395 g/mol. The summed E-state index contributed by atoms with van der Waals surface area (Å²) in [5, 5.41) is 9.63. The number of anilines is 1. The zero-order valence-corrected chi connectivity index (χ0v) is 17.2. The van der Waals surface area contributed by atoms with Gasteiger partial charge in [0, 0.05) is 37.8 Å². The molecule has 1 aliphatic heterocycles. The molecule has 1 aliphatic rings. The second-order valence-corrected chi connectivity index (χ2v) is 8.18. The van der Waals surface area contributed by atoms with Gasteiger partial charge in [0.15, 0.2) is 0 Å². The molecule has 0 aliphatic carbocycles. The van der Waals surface area contributed by atoms with E-state index in [0.717, 1.165) is 31.7 Å². The molecule has 0 bridgehead atoms. The van der Waals surface area contributed by atoms with Crippen molar-refractivity contribution in [2.45, 2.75) is 39.3 Å². The number of benzene rings is 2. The van der Waals surface area contributed by atoms with Crippen molar-refractivity contribution in [3.63, 3.8) is 0 Å². The number of carbonyl (C=O) groups is 1. The van der Waals surface area contributed by atoms with Crippen LogP contribution in [-0.4, -0.2) is 29.9 Å². The van der Waals surface area contributed by atoms with Gasteiger partial charge in [-0.05, 0) is 36.1 Å². The van der Waals surface area contributed by atoms with E-state index in [4.69, 9.17) is 11.6 Å². The van der Waals surface area contributed by atoms with Crippen LogP contribution in [0, 0.1) is 17.2 Å². The van der Waals surface area contributed by atoms with E-state index in [0.29, 0.717) is 22.9 Å². The number of hydrogen-bond donors (Lipinski definition) is 0. The molecule has 1 fully saturated rings. The second-order valence-electron chi connectivity index (χ2n) is 7.77. The number of halogens is 1. The van der Waals surface area contributed by atoms with Gasteiger partial charge in [-0.3, -0.25) is 4.79 Å². The highest BCUT2D eigenvalue weighted by atomic mass is 35.5. The molecule has 0 spiro atoms. The molecule has 2 aromatic carbocycles. The molecule has 1 amide bonds. The summed E-state index contributed by atoms with van der Waals surface area (Å²) in [6.45, 7) is 6.39. The highest BCUT2D eigenvalue weighted by molar-refractivity contribution is 6.32. The van der Waals surface area contributed by atoms with Crippen molar-refractivity contribution in [1.29, 1.82) is 5.26 Å². The van der Waals surface area contributed by atoms with Gasteiger partial charge in [0.1, 0.15) is 6.07 Å². The predicted molar refractivity (Wildman–Crippen MR) is 113 cm³/mol. The van der Waals surface area contributed by atoms with Gasteiger partial charge in [0.05, 0.1) is 10.6 Å². The lowest BCUT2D eigenvalue weighted by atomic mass is 10.1. The number of nitriles is 1. The van der Waals surface area contributed by atoms with Gasteiger partial charge in [0.2, 0.25) is 5.91 Å². The maximum atomic E-state index is 12.5. The summed E-state index contributed by atoms with van der Waals surface area (Å²) in [6.07, 6.45) is 1.52. The molecule has 1 atom stereocenters. The summed E-state index contributed by atoms with van der Waals surface area (Å²) in [5.74, 6) is 0.597. The summed E-state index contributed by atoms with van der Waals surface area (Å²) < 4.78 is 0. The number of hydrogen-bond acceptors (Lipinski definition) is 3. The highest BCUT2D eigenvalue weighted by Gasteiger charge is 2.31. The lowest BCUT2D eigenvalue weighted by Crippen LogP contribution is -2.39. The maximum Gasteiger partial charge on any atom is 0.222 e. The average molecular weight is 396 g/mol. The fourth-order valence-corrected chi connectivity index (χ4v) is 3.90. The largest absolute Gasteiger partial charge is 0.362 e. The Bertz CT molecular complexity index is 860. The zero-order valence-electron chi connectivity index (χ0n) is 16.4. The van der Waals surface area contributed by atoms with Crippen LogP contribution in [0.2, 0.25) is 5.02 Å². The van der Waals surface area contributed by atoms with Crippen LogP contribution in [-0.2, 0) is 11.3 Å². The summed E-state index contributed by atoms with van der Waals surface area (Å²) in [5.41, 5.74) is 2.66. The first-order valence-electron chi connectivity index (χ1n) is 9.76. The normalized spacial score (nSPS) is 16.2. The molecule has 0 unspecified atom stereocenters. The van der Waals surface area contributed by atoms with Crippen molar-refractivity contribution in [1.82, 2.24) is 4.90 Å². The smallest absolute Gasteiger partial charge is 0.222 e. The first kappa shape index (κ1) is 20.2. The van der Waals surface area contributed by atoms with E-state index in [9.17, 15) is 10.1 Å². The summed E-state index contributed by atoms with van der Waals surface area (Å²) >= 11 is 6.31. The molecular formula is C23H26ClN3O. The van der Waals surface area contributed by atoms with E-state index in [2.05, 4.69) is 36.9 Å². The van der Waals surface area contributed by atoms with Gasteiger partial charge in [-0.2, -0.15) is 5.26 Å². The molecule has 146 valence electrons. The Morgan fingerprint density at radius 1 is 1.29 bits per heavy atom. The van der Waals surface area contributed by atoms with Crippen LogP contribution in [0.25, 0.3) is 0 Å². The molecule has 0 aromatic heterocycles. The number of amides is 1. The van der Waals surface area contributed by atoms with Crippen LogP contribution >= 0.6 is 11.6 Å². The van der Waals surface area contributed by atoms with Crippen molar-refractivity contribution in [2.75, 3.05) is 18.0 Å². The van der Waals surface area contributed by atoms with Crippen molar-refractivity contribution in [3.05, 3.63) is 64.7 Å². The maximum absolute atomic E-state index is 12.5. The third-order valence-electron chi connectivity index (χ3n) is 5.14. The van der Waals surface area contributed by atoms with Gasteiger partial charge in [-0.15, -0.1) is 0 Å². The Hall–Kier alpha value is -2.51. The quantitative estimate of drug-likeness (QED) is 0.701. The Balaban J connectivity index is 1.84. The molecule has 1 saturated heterocycles. The fraction of sp³-hybridized carbons (Fsp3) is 0.391. The first-order chi connectivity index (χ1) is 13.5. The van der Waals surface area contributed by atoms with E-state index in [1.807, 2.05) is 35.2 Å². The zero-order chi connectivity index (χ0) is 20.1. The Morgan fingerprint density at radius 2 is 2.04 bits per heavy atom. The minimum atomic E-state index is 0.223. The molecule has 2 aromatic rings. The lowest BCUT2D eigenvalue weighted by molar-refractivity contribution is -0.130. The number of carbonyl (C=O) groups excluding carboxylic acids is 1. The molecule has 28 heavy (non-hydrogen) atoms. The molecule has 3 rings (SSSR count). The van der Waals surface area contributed by atoms with Gasteiger partial charge in [-0.1, -0.05) is 55.8 Å². The Labute approximate surface area is 172 Å². The van der Waals surface area contributed by atoms with Crippen LogP contribution in [0.5, 0.6) is 0 Å². The molecule has 4 nitrogen and oxygen atoms in total. The van der Waals surface area contributed by atoms with E-state index in [1.54, 1.807) is 6.07 Å². The lowest BCUT2D eigenvalue weighted by Gasteiger charge is -2.32. The van der Waals surface area contributed by atoms with Crippen molar-refractivity contribution in [2.24, 2.45) is 5.92 Å². The fourth-order valence-electron chi connectivity index (χ4n) is 3.69. The third-order valence-corrected chi connectivity index (χ3v) is 5.45. The standard InChI is InChI=1S/C23H26ClN3O/c1-17(2)12-23(28)26-11-10-21(16-26)27(15-18-6-4-3-5-7-18)20-9-8-19(14-25)22(24)13-20/h3-9,13,17,21H,10-12,15-16H2,1-2H3/t21-/m0/s1. The third kappa shape index (κ3) is 4.85. The molecule has 1 heterocycles. The summed E-state index contributed by atoms with van der Waals surface area (Å²) in [4.78, 5) is 16.8. The second kappa shape index (κ2) is 9.12. The predicted octanol–water partition coefficient (Wildman–Crippen LogP) is 4.87. The van der Waals surface area contributed by atoms with E-state index in [1.165, 1.54) is 5.56 Å². The Kier molecular flexibility index (Phi) is 6.59. The summed E-state index contributed by atoms with van der Waals surface area (Å²) in [6, 6.07) is 18.2. The van der Waals surface area contributed by atoms with E-state index >= 15 is 0 Å². The number of likely N-dealkylation sites (tertiary alicyclic amines) is 1. The van der Waals surface area contributed by atoms with Gasteiger partial charge in [-0.25, -0.2) is 0 Å². The molecular weight excluding hydrogens is 370 g/mol. The van der Waals surface area contributed by atoms with Crippen LogP contribution in [0.15, 0.2) is 48.5 Å². The molecule has 0 N–H and O–H groups in total. The number of rotatable bonds is 6. The molecule has 0 radical (unpaired) electrons. The molecule has 5 heteroatoms. The summed E-state index contributed by atoms with van der Waals surface area (Å²) in [7, 11) is 0. The van der Waals surface area contributed by atoms with Crippen molar-refractivity contribution < 1.29 is 4.79 Å². The first-order valence-corrected chi connectivity index (χ1v) is 10.1. The molecule has 0 saturated carbocycles.